The Hall–Kier alpha value is -1.32. The topological polar surface area (TPSA) is 116 Å². The Bertz CT molecular complexity index is 736. The van der Waals surface area contributed by atoms with Crippen LogP contribution in [0, 0.1) is 6.92 Å². The van der Waals surface area contributed by atoms with E-state index in [0.29, 0.717) is 18.4 Å². The molecule has 0 saturated heterocycles. The average molecular weight is 320 g/mol. The molecule has 1 aliphatic carbocycles. The molecule has 1 aromatic rings. The van der Waals surface area contributed by atoms with Crippen molar-refractivity contribution in [1.82, 2.24) is 0 Å². The Balaban J connectivity index is 2.55. The summed E-state index contributed by atoms with van der Waals surface area (Å²) >= 11 is 0. The van der Waals surface area contributed by atoms with E-state index in [0.717, 1.165) is 0 Å². The van der Waals surface area contributed by atoms with E-state index in [9.17, 15) is 16.8 Å². The molecule has 0 bridgehead atoms. The van der Waals surface area contributed by atoms with Crippen molar-refractivity contribution >= 4 is 25.7 Å². The smallest absolute Gasteiger partial charge is 0.241 e. The molecule has 7 nitrogen and oxygen atoms in total. The Morgan fingerprint density at radius 3 is 2.30 bits per heavy atom. The van der Waals surface area contributed by atoms with Gasteiger partial charge in [-0.15, -0.1) is 0 Å². The standard InChI is InChI=1S/C11H16N2O5S2/c1-7-5-9(13-20(16,17)8-3-4-8)11(18-2)10(6-7)19(12,14)15/h5-6,8,13H,3-4H2,1-2H3,(H2,12,14,15). The van der Waals surface area contributed by atoms with Gasteiger partial charge in [-0.2, -0.15) is 0 Å². The predicted octanol–water partition coefficient (Wildman–Crippen LogP) is 0.555. The molecule has 0 heterocycles. The predicted molar refractivity (Wildman–Crippen MR) is 74.7 cm³/mol. The maximum absolute atomic E-state index is 12.0. The fraction of sp³-hybridized carbons (Fsp3) is 0.455. The number of anilines is 1. The van der Waals surface area contributed by atoms with Crippen LogP contribution in [0.1, 0.15) is 18.4 Å². The van der Waals surface area contributed by atoms with E-state index >= 15 is 0 Å². The summed E-state index contributed by atoms with van der Waals surface area (Å²) in [6.45, 7) is 1.64. The summed E-state index contributed by atoms with van der Waals surface area (Å²) in [5.41, 5.74) is 0.645. The second-order valence-electron chi connectivity index (χ2n) is 4.74. The van der Waals surface area contributed by atoms with Crippen molar-refractivity contribution in [2.24, 2.45) is 5.14 Å². The van der Waals surface area contributed by atoms with Crippen LogP contribution in [-0.2, 0) is 20.0 Å². The summed E-state index contributed by atoms with van der Waals surface area (Å²) in [4.78, 5) is -0.242. The van der Waals surface area contributed by atoms with Gasteiger partial charge in [-0.1, -0.05) is 0 Å². The minimum atomic E-state index is -4.01. The van der Waals surface area contributed by atoms with E-state index in [1.807, 2.05) is 0 Å². The second-order valence-corrected chi connectivity index (χ2v) is 8.23. The Morgan fingerprint density at radius 2 is 1.85 bits per heavy atom. The highest BCUT2D eigenvalue weighted by molar-refractivity contribution is 7.93. The summed E-state index contributed by atoms with van der Waals surface area (Å²) < 4.78 is 54.4. The molecule has 112 valence electrons. The van der Waals surface area contributed by atoms with E-state index in [2.05, 4.69) is 4.72 Å². The maximum Gasteiger partial charge on any atom is 0.241 e. The van der Waals surface area contributed by atoms with E-state index < -0.39 is 25.3 Å². The summed E-state index contributed by atoms with van der Waals surface area (Å²) in [6, 6.07) is 2.84. The van der Waals surface area contributed by atoms with Gasteiger partial charge in [0.1, 0.15) is 4.90 Å². The molecule has 0 atom stereocenters. The molecular formula is C11H16N2O5S2. The number of primary sulfonamides is 1. The number of hydrogen-bond donors (Lipinski definition) is 2. The summed E-state index contributed by atoms with van der Waals surface area (Å²) in [5.74, 6) is -0.0951. The summed E-state index contributed by atoms with van der Waals surface area (Å²) in [6.07, 6.45) is 1.21. The highest BCUT2D eigenvalue weighted by Crippen LogP contribution is 2.36. The minimum Gasteiger partial charge on any atom is -0.493 e. The first-order valence-corrected chi connectivity index (χ1v) is 8.97. The Labute approximate surface area is 118 Å². The first-order chi connectivity index (χ1) is 9.15. The Morgan fingerprint density at radius 1 is 1.25 bits per heavy atom. The largest absolute Gasteiger partial charge is 0.493 e. The Kier molecular flexibility index (Phi) is 3.69. The van der Waals surface area contributed by atoms with Crippen LogP contribution < -0.4 is 14.6 Å². The monoisotopic (exact) mass is 320 g/mol. The van der Waals surface area contributed by atoms with Crippen LogP contribution in [0.25, 0.3) is 0 Å². The third-order valence-electron chi connectivity index (χ3n) is 2.93. The van der Waals surface area contributed by atoms with Crippen LogP contribution in [0.3, 0.4) is 0 Å². The van der Waals surface area contributed by atoms with Crippen molar-refractivity contribution in [3.8, 4) is 5.75 Å². The van der Waals surface area contributed by atoms with Crippen molar-refractivity contribution in [3.05, 3.63) is 17.7 Å². The molecular weight excluding hydrogens is 304 g/mol. The van der Waals surface area contributed by atoms with Crippen molar-refractivity contribution in [2.75, 3.05) is 11.8 Å². The lowest BCUT2D eigenvalue weighted by Crippen LogP contribution is -2.20. The molecule has 0 aliphatic heterocycles. The number of sulfonamides is 2. The van der Waals surface area contributed by atoms with Crippen molar-refractivity contribution < 1.29 is 21.6 Å². The van der Waals surface area contributed by atoms with Crippen LogP contribution in [0.4, 0.5) is 5.69 Å². The normalized spacial score (nSPS) is 15.9. The summed E-state index contributed by atoms with van der Waals surface area (Å²) in [5, 5.41) is 4.70. The fourth-order valence-electron chi connectivity index (χ4n) is 1.85. The number of nitrogens with one attached hydrogen (secondary N) is 1. The lowest BCUT2D eigenvalue weighted by atomic mass is 10.2. The second kappa shape index (κ2) is 4.90. The quantitative estimate of drug-likeness (QED) is 0.822. The van der Waals surface area contributed by atoms with Crippen LogP contribution in [0.15, 0.2) is 17.0 Å². The fourth-order valence-corrected chi connectivity index (χ4v) is 4.04. The molecule has 0 radical (unpaired) electrons. The van der Waals surface area contributed by atoms with Crippen LogP contribution in [0.2, 0.25) is 0 Å². The van der Waals surface area contributed by atoms with E-state index in [-0.39, 0.29) is 16.3 Å². The zero-order valence-electron chi connectivity index (χ0n) is 11.1. The zero-order chi connectivity index (χ0) is 15.1. The van der Waals surface area contributed by atoms with Crippen molar-refractivity contribution in [3.63, 3.8) is 0 Å². The molecule has 1 aliphatic rings. The van der Waals surface area contributed by atoms with Crippen LogP contribution in [-0.4, -0.2) is 29.2 Å². The highest BCUT2D eigenvalue weighted by atomic mass is 32.2. The van der Waals surface area contributed by atoms with Crippen molar-refractivity contribution in [2.45, 2.75) is 29.9 Å². The molecule has 0 aromatic heterocycles. The molecule has 0 amide bonds. The van der Waals surface area contributed by atoms with Gasteiger partial charge in [0.05, 0.1) is 18.0 Å². The van der Waals surface area contributed by atoms with Crippen molar-refractivity contribution in [1.29, 1.82) is 0 Å². The molecule has 9 heteroatoms. The molecule has 1 fully saturated rings. The van der Waals surface area contributed by atoms with Gasteiger partial charge < -0.3 is 4.74 Å². The molecule has 0 spiro atoms. The number of aryl methyl sites for hydroxylation is 1. The van der Waals surface area contributed by atoms with Crippen LogP contribution >= 0.6 is 0 Å². The average Bonchev–Trinajstić information content (AvgIpc) is 3.10. The van der Waals surface area contributed by atoms with Gasteiger partial charge >= 0.3 is 0 Å². The van der Waals surface area contributed by atoms with Gasteiger partial charge in [0, 0.05) is 0 Å². The van der Waals surface area contributed by atoms with E-state index in [4.69, 9.17) is 9.88 Å². The molecule has 20 heavy (non-hydrogen) atoms. The molecule has 3 N–H and O–H groups in total. The third kappa shape index (κ3) is 3.05. The van der Waals surface area contributed by atoms with Gasteiger partial charge in [-0.25, -0.2) is 22.0 Å². The van der Waals surface area contributed by atoms with Gasteiger partial charge in [-0.05, 0) is 37.5 Å². The number of methoxy groups -OCH3 is 1. The summed E-state index contributed by atoms with van der Waals surface area (Å²) in [7, 11) is -6.27. The van der Waals surface area contributed by atoms with Crippen LogP contribution in [0.5, 0.6) is 5.75 Å². The first kappa shape index (κ1) is 15.1. The number of nitrogens with two attached hydrogens (primary N) is 1. The molecule has 1 aromatic carbocycles. The zero-order valence-corrected chi connectivity index (χ0v) is 12.7. The first-order valence-electron chi connectivity index (χ1n) is 5.88. The van der Waals surface area contributed by atoms with Gasteiger partial charge in [-0.3, -0.25) is 4.72 Å². The number of hydrogen-bond acceptors (Lipinski definition) is 5. The SMILES string of the molecule is COc1c(NS(=O)(=O)C2CC2)cc(C)cc1S(N)(=O)=O. The van der Waals surface area contributed by atoms with Gasteiger partial charge in [0.25, 0.3) is 0 Å². The highest BCUT2D eigenvalue weighted by Gasteiger charge is 2.36. The van der Waals surface area contributed by atoms with Gasteiger partial charge in [0.15, 0.2) is 5.75 Å². The number of benzene rings is 1. The van der Waals surface area contributed by atoms with Gasteiger partial charge in [0.2, 0.25) is 20.0 Å². The number of ether oxygens (including phenoxy) is 1. The molecule has 0 unspecified atom stereocenters. The third-order valence-corrected chi connectivity index (χ3v) is 5.70. The minimum absolute atomic E-state index is 0.0865. The van der Waals surface area contributed by atoms with E-state index in [1.165, 1.54) is 19.2 Å². The number of rotatable bonds is 5. The molecule has 2 rings (SSSR count). The lowest BCUT2D eigenvalue weighted by Gasteiger charge is -2.15. The van der Waals surface area contributed by atoms with E-state index in [1.54, 1.807) is 6.92 Å². The lowest BCUT2D eigenvalue weighted by molar-refractivity contribution is 0.405. The maximum atomic E-state index is 12.0. The molecule has 1 saturated carbocycles.